The summed E-state index contributed by atoms with van der Waals surface area (Å²) in [5, 5.41) is 0. The summed E-state index contributed by atoms with van der Waals surface area (Å²) in [5.41, 5.74) is 4.09. The minimum atomic E-state index is -0.154. The van der Waals surface area contributed by atoms with E-state index in [0.717, 1.165) is 43.2 Å². The Balaban J connectivity index is 1.92. The van der Waals surface area contributed by atoms with Gasteiger partial charge in [0, 0.05) is 0 Å². The van der Waals surface area contributed by atoms with Gasteiger partial charge in [0.15, 0.2) is 0 Å². The Morgan fingerprint density at radius 2 is 1.68 bits per heavy atom. The second-order valence-corrected chi connectivity index (χ2v) is 7.96. The van der Waals surface area contributed by atoms with E-state index in [4.69, 9.17) is 0 Å². The third kappa shape index (κ3) is 7.58. The first-order chi connectivity index (χ1) is 12.3. The van der Waals surface area contributed by atoms with Crippen LogP contribution in [0.4, 0.5) is 4.79 Å². The van der Waals surface area contributed by atoms with Crippen LogP contribution in [-0.4, -0.2) is 37.8 Å². The van der Waals surface area contributed by atoms with Gasteiger partial charge < -0.3 is 0 Å². The summed E-state index contributed by atoms with van der Waals surface area (Å²) in [4.78, 5) is 15.1. The third-order valence-electron chi connectivity index (χ3n) is 3.89. The molecule has 0 unspecified atom stereocenters. The van der Waals surface area contributed by atoms with E-state index >= 15 is 0 Å². The quantitative estimate of drug-likeness (QED) is 0.334. The Hall–Kier alpha value is -2.05. The number of benzene rings is 2. The van der Waals surface area contributed by atoms with Crippen LogP contribution in [0.15, 0.2) is 79.0 Å². The van der Waals surface area contributed by atoms with Crippen LogP contribution in [0, 0.1) is 0 Å². The molecule has 0 heterocycles. The third-order valence-corrected chi connectivity index (χ3v) is 5.86. The van der Waals surface area contributed by atoms with Gasteiger partial charge in [-0.25, -0.2) is 0 Å². The Morgan fingerprint density at radius 3 is 2.36 bits per heavy atom. The normalized spacial score (nSPS) is 10.1. The topological polar surface area (TPSA) is 20.3 Å². The summed E-state index contributed by atoms with van der Waals surface area (Å²) in [7, 11) is 0. The monoisotopic (exact) mass is 399 g/mol. The van der Waals surface area contributed by atoms with Gasteiger partial charge in [-0.1, -0.05) is 0 Å². The Bertz CT molecular complexity index is 678. The molecule has 2 aromatic rings. The summed E-state index contributed by atoms with van der Waals surface area (Å²) in [6.45, 7) is 5.20. The van der Waals surface area contributed by atoms with E-state index in [9.17, 15) is 4.79 Å². The van der Waals surface area contributed by atoms with Crippen molar-refractivity contribution in [1.82, 2.24) is 4.90 Å². The number of amides is 1. The molecule has 25 heavy (non-hydrogen) atoms. The molecule has 0 spiro atoms. The molecule has 2 aromatic carbocycles. The number of hydrogen-bond donors (Lipinski definition) is 0. The van der Waals surface area contributed by atoms with Crippen molar-refractivity contribution in [2.75, 3.05) is 13.1 Å². The second-order valence-electron chi connectivity index (χ2n) is 5.81. The number of carbonyl (C=O) groups is 1. The number of unbranched alkanes of at least 4 members (excludes halogenated alkanes) is 2. The van der Waals surface area contributed by atoms with Gasteiger partial charge >= 0.3 is 157 Å². The first kappa shape index (κ1) is 19.3. The zero-order valence-electron chi connectivity index (χ0n) is 14.6. The van der Waals surface area contributed by atoms with Gasteiger partial charge in [-0.05, 0) is 0 Å². The van der Waals surface area contributed by atoms with E-state index in [1.54, 1.807) is 0 Å². The van der Waals surface area contributed by atoms with Crippen LogP contribution in [0.25, 0.3) is 0 Å². The van der Waals surface area contributed by atoms with E-state index in [0.29, 0.717) is 0 Å². The predicted molar refractivity (Wildman–Crippen MR) is 107 cm³/mol. The van der Waals surface area contributed by atoms with Crippen molar-refractivity contribution >= 4 is 24.2 Å². The van der Waals surface area contributed by atoms with E-state index < -0.39 is 0 Å². The number of allylic oxidation sites excluding steroid dienone is 1. The van der Waals surface area contributed by atoms with Crippen LogP contribution in [-0.2, 0) is 6.42 Å². The zero-order chi connectivity index (χ0) is 17.7. The Morgan fingerprint density at radius 1 is 1.00 bits per heavy atom. The van der Waals surface area contributed by atoms with Crippen molar-refractivity contribution < 1.29 is 4.79 Å². The maximum absolute atomic E-state index is 12.8. The minimum absolute atomic E-state index is 0.154. The Labute approximate surface area is 157 Å². The molecule has 0 saturated carbocycles. The summed E-state index contributed by atoms with van der Waals surface area (Å²) in [6.07, 6.45) is 5.93. The van der Waals surface area contributed by atoms with Crippen LogP contribution in [0.2, 0.25) is 0 Å². The van der Waals surface area contributed by atoms with Gasteiger partial charge in [-0.3, -0.25) is 0 Å². The SMILES string of the molecule is C=C=CCCCCN(CCc1ccccc1)C(=O)[Se]c1ccccc1. The molecule has 0 atom stereocenters. The summed E-state index contributed by atoms with van der Waals surface area (Å²) in [5.74, 6) is 0. The molecule has 0 aliphatic rings. The maximum atomic E-state index is 12.8. The van der Waals surface area contributed by atoms with E-state index in [1.165, 1.54) is 5.56 Å². The Kier molecular flexibility index (Phi) is 8.86. The van der Waals surface area contributed by atoms with E-state index in [2.05, 4.69) is 36.6 Å². The standard InChI is InChI=1S/C22H25NOSe/c1-2-3-4-5-12-18-23(19-17-20-13-8-6-9-14-20)22(24)25-21-15-10-7-11-16-21/h3,6-11,13-16H,1,4-5,12,17-19H2. The van der Waals surface area contributed by atoms with Crippen LogP contribution < -0.4 is 4.46 Å². The number of nitrogens with zero attached hydrogens (tertiary/aromatic N) is 1. The molecule has 0 aliphatic carbocycles. The van der Waals surface area contributed by atoms with Crippen molar-refractivity contribution in [1.29, 1.82) is 0 Å². The van der Waals surface area contributed by atoms with Crippen molar-refractivity contribution in [2.24, 2.45) is 0 Å². The molecule has 2 nitrogen and oxygen atoms in total. The zero-order valence-corrected chi connectivity index (χ0v) is 16.3. The van der Waals surface area contributed by atoms with Crippen LogP contribution in [0.5, 0.6) is 0 Å². The second kappa shape index (κ2) is 11.5. The molecular weight excluding hydrogens is 373 g/mol. The first-order valence-corrected chi connectivity index (χ1v) is 10.4. The molecule has 0 bridgehead atoms. The van der Waals surface area contributed by atoms with Crippen molar-refractivity contribution in [3.63, 3.8) is 0 Å². The number of rotatable bonds is 10. The molecule has 0 saturated heterocycles. The molecule has 2 rings (SSSR count). The van der Waals surface area contributed by atoms with Crippen molar-refractivity contribution in [3.8, 4) is 0 Å². The van der Waals surface area contributed by atoms with Gasteiger partial charge in [-0.2, -0.15) is 0 Å². The summed E-state index contributed by atoms with van der Waals surface area (Å²) < 4.78 is 1.14. The molecular formula is C22H25NOSe. The average Bonchev–Trinajstić information content (AvgIpc) is 2.65. The number of carbonyl (C=O) groups excluding carboxylic acids is 1. The fourth-order valence-corrected chi connectivity index (χ4v) is 4.20. The van der Waals surface area contributed by atoms with E-state index in [1.807, 2.05) is 47.4 Å². The molecule has 0 radical (unpaired) electrons. The first-order valence-electron chi connectivity index (χ1n) is 8.69. The van der Waals surface area contributed by atoms with Gasteiger partial charge in [0.25, 0.3) is 0 Å². The van der Waals surface area contributed by atoms with Crippen LogP contribution >= 0.6 is 0 Å². The predicted octanol–water partition coefficient (Wildman–Crippen LogP) is 4.19. The van der Waals surface area contributed by atoms with Gasteiger partial charge in [0.1, 0.15) is 0 Å². The van der Waals surface area contributed by atoms with Gasteiger partial charge in [0.05, 0.1) is 0 Å². The fourth-order valence-electron chi connectivity index (χ4n) is 2.51. The summed E-state index contributed by atoms with van der Waals surface area (Å²) in [6, 6.07) is 20.5. The van der Waals surface area contributed by atoms with Crippen LogP contribution in [0.3, 0.4) is 0 Å². The van der Waals surface area contributed by atoms with Crippen molar-refractivity contribution in [2.45, 2.75) is 25.7 Å². The molecule has 0 fully saturated rings. The molecule has 0 aliphatic heterocycles. The van der Waals surface area contributed by atoms with Crippen molar-refractivity contribution in [3.05, 3.63) is 84.6 Å². The average molecular weight is 398 g/mol. The molecule has 3 heteroatoms. The molecule has 0 aromatic heterocycles. The fraction of sp³-hybridized carbons (Fsp3) is 0.273. The molecule has 0 N–H and O–H groups in total. The van der Waals surface area contributed by atoms with Gasteiger partial charge in [-0.15, -0.1) is 0 Å². The molecule has 130 valence electrons. The van der Waals surface area contributed by atoms with Crippen LogP contribution in [0.1, 0.15) is 24.8 Å². The van der Waals surface area contributed by atoms with Gasteiger partial charge in [0.2, 0.25) is 0 Å². The number of hydrogen-bond acceptors (Lipinski definition) is 1. The molecule has 1 amide bonds. The summed E-state index contributed by atoms with van der Waals surface area (Å²) >= 11 is -0.154. The van der Waals surface area contributed by atoms with E-state index in [-0.39, 0.29) is 19.8 Å².